The molecule has 6 nitrogen and oxygen atoms in total. The number of anilines is 1. The van der Waals surface area contributed by atoms with Crippen molar-refractivity contribution in [1.82, 2.24) is 0 Å². The molecule has 0 N–H and O–H groups in total. The Bertz CT molecular complexity index is 1100. The fourth-order valence-electron chi connectivity index (χ4n) is 2.93. The summed E-state index contributed by atoms with van der Waals surface area (Å²) in [4.78, 5) is 13.6. The van der Waals surface area contributed by atoms with Crippen molar-refractivity contribution >= 4 is 31.3 Å². The lowest BCUT2D eigenvalue weighted by Gasteiger charge is -2.14. The van der Waals surface area contributed by atoms with Crippen LogP contribution in [0.25, 0.3) is 0 Å². The Hall–Kier alpha value is -2.19. The van der Waals surface area contributed by atoms with E-state index in [0.29, 0.717) is 23.5 Å². The van der Waals surface area contributed by atoms with Crippen molar-refractivity contribution in [2.45, 2.75) is 30.1 Å². The maximum Gasteiger partial charge on any atom is 0.290 e. The van der Waals surface area contributed by atoms with Crippen LogP contribution in [-0.4, -0.2) is 31.3 Å². The average molecular weight is 393 g/mol. The van der Waals surface area contributed by atoms with Crippen molar-refractivity contribution in [2.24, 2.45) is 3.77 Å². The number of rotatable bonds is 3. The van der Waals surface area contributed by atoms with Crippen LogP contribution in [0.4, 0.5) is 5.69 Å². The lowest BCUT2D eigenvalue weighted by atomic mass is 10.2. The summed E-state index contributed by atoms with van der Waals surface area (Å²) < 4.78 is 41.9. The first kappa shape index (κ1) is 18.6. The van der Waals surface area contributed by atoms with Crippen molar-refractivity contribution in [3.8, 4) is 0 Å². The van der Waals surface area contributed by atoms with Crippen LogP contribution in [0.3, 0.4) is 0 Å². The second-order valence-corrected chi connectivity index (χ2v) is 10.5. The van der Waals surface area contributed by atoms with Gasteiger partial charge in [-0.05, 0) is 49.2 Å². The van der Waals surface area contributed by atoms with Crippen molar-refractivity contribution in [3.05, 3.63) is 53.6 Å². The van der Waals surface area contributed by atoms with Gasteiger partial charge in [-0.3, -0.25) is 4.79 Å². The quantitative estimate of drug-likeness (QED) is 0.804. The van der Waals surface area contributed by atoms with Crippen LogP contribution < -0.4 is 4.90 Å². The first-order chi connectivity index (χ1) is 12.1. The topological polar surface area (TPSA) is 83.9 Å². The number of fused-ring (bicyclic) bond motifs is 1. The number of carbonyl (C=O) groups is 1. The summed E-state index contributed by atoms with van der Waals surface area (Å²) in [5, 5.41) is 0. The van der Waals surface area contributed by atoms with Gasteiger partial charge in [-0.15, -0.1) is 3.77 Å². The molecule has 0 spiro atoms. The molecule has 1 atom stereocenters. The maximum absolute atomic E-state index is 12.9. The van der Waals surface area contributed by atoms with E-state index in [0.717, 1.165) is 11.1 Å². The van der Waals surface area contributed by atoms with E-state index in [1.165, 1.54) is 25.3 Å². The molecule has 2 aromatic rings. The normalized spacial score (nSPS) is 16.0. The number of hydrogen-bond acceptors (Lipinski definition) is 4. The third kappa shape index (κ3) is 3.52. The average Bonchev–Trinajstić information content (AvgIpc) is 2.97. The van der Waals surface area contributed by atoms with Crippen LogP contribution in [0.5, 0.6) is 0 Å². The van der Waals surface area contributed by atoms with Crippen LogP contribution in [0.15, 0.2) is 56.0 Å². The molecule has 1 heterocycles. The summed E-state index contributed by atoms with van der Waals surface area (Å²) in [5.74, 6) is -0.0833. The molecule has 0 radical (unpaired) electrons. The van der Waals surface area contributed by atoms with Crippen LogP contribution in [0.2, 0.25) is 0 Å². The largest absolute Gasteiger partial charge is 0.312 e. The molecule has 0 bridgehead atoms. The molecular formula is C18H20N2O4S2. The van der Waals surface area contributed by atoms with Gasteiger partial charge in [0.25, 0.3) is 10.0 Å². The molecule has 1 unspecified atom stereocenters. The third-order valence-corrected chi connectivity index (χ3v) is 8.24. The Kier molecular flexibility index (Phi) is 4.66. The first-order valence-corrected chi connectivity index (χ1v) is 11.4. The molecule has 1 amide bonds. The molecule has 0 saturated carbocycles. The van der Waals surface area contributed by atoms with E-state index in [1.807, 2.05) is 6.92 Å². The number of amides is 1. The number of aryl methyl sites for hydroxylation is 1. The molecule has 2 aromatic carbocycles. The first-order valence-electron chi connectivity index (χ1n) is 8.06. The second kappa shape index (κ2) is 6.51. The van der Waals surface area contributed by atoms with Crippen LogP contribution in [0.1, 0.15) is 18.1 Å². The van der Waals surface area contributed by atoms with E-state index >= 15 is 0 Å². The van der Waals surface area contributed by atoms with E-state index in [4.69, 9.17) is 0 Å². The summed E-state index contributed by atoms with van der Waals surface area (Å²) in [6.45, 7) is 3.89. The molecule has 138 valence electrons. The molecule has 0 aromatic heterocycles. The Morgan fingerprint density at radius 1 is 1.04 bits per heavy atom. The van der Waals surface area contributed by atoms with E-state index < -0.39 is 19.8 Å². The highest BCUT2D eigenvalue weighted by atomic mass is 32.3. The van der Waals surface area contributed by atoms with Crippen LogP contribution in [-0.2, 0) is 31.0 Å². The lowest BCUT2D eigenvalue weighted by molar-refractivity contribution is -0.116. The fourth-order valence-corrected chi connectivity index (χ4v) is 6.29. The lowest BCUT2D eigenvalue weighted by Crippen LogP contribution is -2.25. The van der Waals surface area contributed by atoms with E-state index in [1.54, 1.807) is 35.2 Å². The third-order valence-electron chi connectivity index (χ3n) is 4.32. The van der Waals surface area contributed by atoms with Gasteiger partial charge in [-0.25, -0.2) is 4.21 Å². The molecule has 0 aliphatic carbocycles. The van der Waals surface area contributed by atoms with E-state index in [2.05, 4.69) is 3.77 Å². The molecular weight excluding hydrogens is 372 g/mol. The standard InChI is InChI=1S/C18H20N2O4S2/c1-13-4-6-16(7-5-13)25(3,22)19-26(23,24)17-8-9-18-15(12-17)10-11-20(18)14(2)21/h4-9,12H,10-11H2,1-3H3. The molecule has 0 fully saturated rings. The fraction of sp³-hybridized carbons (Fsp3) is 0.278. The zero-order valence-electron chi connectivity index (χ0n) is 14.8. The summed E-state index contributed by atoms with van der Waals surface area (Å²) in [6.07, 6.45) is 1.90. The molecule has 1 aliphatic heterocycles. The highest BCUT2D eigenvalue weighted by molar-refractivity contribution is 8.03. The van der Waals surface area contributed by atoms with Gasteiger partial charge in [-0.1, -0.05) is 17.7 Å². The zero-order chi connectivity index (χ0) is 19.1. The SMILES string of the molecule is CC(=O)N1CCc2cc(S(=O)(=O)N=S(C)(=O)c3ccc(C)cc3)ccc21. The van der Waals surface area contributed by atoms with Crippen molar-refractivity contribution < 1.29 is 17.4 Å². The maximum atomic E-state index is 12.9. The van der Waals surface area contributed by atoms with Crippen molar-refractivity contribution in [1.29, 1.82) is 0 Å². The second-order valence-electron chi connectivity index (χ2n) is 6.38. The molecule has 0 saturated heterocycles. The highest BCUT2D eigenvalue weighted by Gasteiger charge is 2.25. The van der Waals surface area contributed by atoms with Gasteiger partial charge in [0.05, 0.1) is 14.6 Å². The summed E-state index contributed by atoms with van der Waals surface area (Å²) in [6, 6.07) is 11.3. The number of carbonyl (C=O) groups excluding carboxylic acids is 1. The minimum atomic E-state index is -4.09. The zero-order valence-corrected chi connectivity index (χ0v) is 16.4. The Labute approximate surface area is 154 Å². The minimum absolute atomic E-state index is 0.0108. The Morgan fingerprint density at radius 3 is 2.27 bits per heavy atom. The van der Waals surface area contributed by atoms with Crippen LogP contribution >= 0.6 is 0 Å². The number of nitrogens with zero attached hydrogens (tertiary/aromatic N) is 2. The van der Waals surface area contributed by atoms with Gasteiger partial charge in [0, 0.05) is 30.3 Å². The van der Waals surface area contributed by atoms with E-state index in [-0.39, 0.29) is 10.8 Å². The monoisotopic (exact) mass is 392 g/mol. The van der Waals surface area contributed by atoms with Crippen molar-refractivity contribution in [2.75, 3.05) is 17.7 Å². The Morgan fingerprint density at radius 2 is 1.65 bits per heavy atom. The Balaban J connectivity index is 2.03. The highest BCUT2D eigenvalue weighted by Crippen LogP contribution is 2.31. The van der Waals surface area contributed by atoms with Gasteiger partial charge in [0.1, 0.15) is 0 Å². The summed E-state index contributed by atoms with van der Waals surface area (Å²) in [5.41, 5.74) is 2.47. The van der Waals surface area contributed by atoms with E-state index in [9.17, 15) is 17.4 Å². The van der Waals surface area contributed by atoms with Gasteiger partial charge >= 0.3 is 0 Å². The van der Waals surface area contributed by atoms with Crippen LogP contribution in [0, 0.1) is 6.92 Å². The smallest absolute Gasteiger partial charge is 0.290 e. The number of hydrogen-bond donors (Lipinski definition) is 0. The number of sulfonamides is 1. The predicted octanol–water partition coefficient (Wildman–Crippen LogP) is 2.75. The summed E-state index contributed by atoms with van der Waals surface area (Å²) >= 11 is 0. The minimum Gasteiger partial charge on any atom is -0.312 e. The molecule has 1 aliphatic rings. The van der Waals surface area contributed by atoms with Gasteiger partial charge in [0.15, 0.2) is 0 Å². The van der Waals surface area contributed by atoms with Gasteiger partial charge < -0.3 is 4.90 Å². The molecule has 26 heavy (non-hydrogen) atoms. The predicted molar refractivity (Wildman–Crippen MR) is 101 cm³/mol. The van der Waals surface area contributed by atoms with Gasteiger partial charge in [-0.2, -0.15) is 8.42 Å². The van der Waals surface area contributed by atoms with Crippen molar-refractivity contribution in [3.63, 3.8) is 0 Å². The summed E-state index contributed by atoms with van der Waals surface area (Å²) in [7, 11) is -7.19. The number of benzene rings is 2. The van der Waals surface area contributed by atoms with Gasteiger partial charge in [0.2, 0.25) is 5.91 Å². The molecule has 8 heteroatoms. The molecule has 3 rings (SSSR count).